The van der Waals surface area contributed by atoms with Crippen molar-refractivity contribution in [3.63, 3.8) is 0 Å². The molecule has 0 radical (unpaired) electrons. The highest BCUT2D eigenvalue weighted by atomic mass is 16.5. The van der Waals surface area contributed by atoms with Gasteiger partial charge in [-0.2, -0.15) is 0 Å². The summed E-state index contributed by atoms with van der Waals surface area (Å²) in [5, 5.41) is 9.52. The van der Waals surface area contributed by atoms with E-state index in [1.165, 1.54) is 0 Å². The Morgan fingerprint density at radius 2 is 1.75 bits per heavy atom. The number of hydrogen-bond acceptors (Lipinski definition) is 6. The maximum absolute atomic E-state index is 9.52. The zero-order chi connectivity index (χ0) is 17.3. The maximum atomic E-state index is 9.52. The second-order valence-electron chi connectivity index (χ2n) is 5.61. The number of rotatable bonds is 5. The topological polar surface area (TPSA) is 77.2 Å². The number of nitrogens with zero attached hydrogens (tertiary/aromatic N) is 1. The predicted molar refractivity (Wildman–Crippen MR) is 92.2 cm³/mol. The van der Waals surface area contributed by atoms with Crippen molar-refractivity contribution >= 4 is 5.69 Å². The van der Waals surface area contributed by atoms with Gasteiger partial charge >= 0.3 is 0 Å². The number of aromatic hydroxyl groups is 1. The van der Waals surface area contributed by atoms with E-state index in [0.29, 0.717) is 30.3 Å². The van der Waals surface area contributed by atoms with Gasteiger partial charge in [-0.3, -0.25) is 0 Å². The van der Waals surface area contributed by atoms with Crippen LogP contribution in [-0.4, -0.2) is 33.0 Å². The van der Waals surface area contributed by atoms with Gasteiger partial charge in [0.05, 0.1) is 27.4 Å². The number of methoxy groups -OCH3 is 3. The Balaban J connectivity index is 2.11. The summed E-state index contributed by atoms with van der Waals surface area (Å²) in [6.07, 6.45) is 0. The molecule has 0 bridgehead atoms. The Morgan fingerprint density at radius 1 is 1.08 bits per heavy atom. The average molecular weight is 330 g/mol. The SMILES string of the molecule is COc1cc2c(c(OC)c1OC)CN(c1ccc(O)cc1)C2CN. The molecule has 0 spiro atoms. The Labute approximate surface area is 141 Å². The van der Waals surface area contributed by atoms with Crippen LogP contribution in [0, 0.1) is 0 Å². The lowest BCUT2D eigenvalue weighted by molar-refractivity contribution is 0.322. The van der Waals surface area contributed by atoms with Crippen LogP contribution in [0.4, 0.5) is 5.69 Å². The third kappa shape index (κ3) is 2.49. The quantitative estimate of drug-likeness (QED) is 0.877. The maximum Gasteiger partial charge on any atom is 0.203 e. The minimum Gasteiger partial charge on any atom is -0.508 e. The Hall–Kier alpha value is -2.60. The van der Waals surface area contributed by atoms with E-state index < -0.39 is 0 Å². The first kappa shape index (κ1) is 16.3. The first-order chi connectivity index (χ1) is 11.6. The molecule has 6 nitrogen and oxygen atoms in total. The van der Waals surface area contributed by atoms with E-state index in [0.717, 1.165) is 16.8 Å². The highest BCUT2D eigenvalue weighted by Gasteiger charge is 2.35. The van der Waals surface area contributed by atoms with Gasteiger partial charge in [0.2, 0.25) is 5.75 Å². The van der Waals surface area contributed by atoms with Gasteiger partial charge in [-0.25, -0.2) is 0 Å². The van der Waals surface area contributed by atoms with Crippen LogP contribution in [0.2, 0.25) is 0 Å². The smallest absolute Gasteiger partial charge is 0.203 e. The molecule has 3 N–H and O–H groups in total. The summed E-state index contributed by atoms with van der Waals surface area (Å²) in [6, 6.07) is 9.07. The van der Waals surface area contributed by atoms with Gasteiger partial charge in [0.1, 0.15) is 5.75 Å². The first-order valence-electron chi connectivity index (χ1n) is 7.72. The van der Waals surface area contributed by atoms with Crippen molar-refractivity contribution in [1.82, 2.24) is 0 Å². The van der Waals surface area contributed by atoms with Gasteiger partial charge in [0.15, 0.2) is 11.5 Å². The second kappa shape index (κ2) is 6.49. The molecule has 1 atom stereocenters. The molecule has 24 heavy (non-hydrogen) atoms. The Bertz CT molecular complexity index is 731. The minimum absolute atomic E-state index is 0.00162. The molecule has 0 aromatic heterocycles. The molecule has 1 aliphatic heterocycles. The van der Waals surface area contributed by atoms with Gasteiger partial charge in [-0.05, 0) is 35.9 Å². The van der Waals surface area contributed by atoms with Gasteiger partial charge in [0.25, 0.3) is 0 Å². The van der Waals surface area contributed by atoms with Crippen LogP contribution in [0.15, 0.2) is 30.3 Å². The van der Waals surface area contributed by atoms with Crippen molar-refractivity contribution < 1.29 is 19.3 Å². The number of hydrogen-bond donors (Lipinski definition) is 2. The van der Waals surface area contributed by atoms with Crippen LogP contribution in [-0.2, 0) is 6.54 Å². The fourth-order valence-corrected chi connectivity index (χ4v) is 3.31. The van der Waals surface area contributed by atoms with E-state index in [9.17, 15) is 5.11 Å². The fourth-order valence-electron chi connectivity index (χ4n) is 3.31. The third-order valence-electron chi connectivity index (χ3n) is 4.44. The lowest BCUT2D eigenvalue weighted by Crippen LogP contribution is -2.27. The van der Waals surface area contributed by atoms with Gasteiger partial charge < -0.3 is 30.0 Å². The molecule has 0 amide bonds. The normalized spacial score (nSPS) is 16.0. The molecule has 1 heterocycles. The fraction of sp³-hybridized carbons (Fsp3) is 0.333. The number of anilines is 1. The van der Waals surface area contributed by atoms with Crippen LogP contribution in [0.3, 0.4) is 0 Å². The van der Waals surface area contributed by atoms with E-state index >= 15 is 0 Å². The van der Waals surface area contributed by atoms with Crippen molar-refractivity contribution in [3.05, 3.63) is 41.5 Å². The van der Waals surface area contributed by atoms with Crippen LogP contribution < -0.4 is 24.8 Å². The van der Waals surface area contributed by atoms with E-state index in [-0.39, 0.29) is 11.8 Å². The lowest BCUT2D eigenvalue weighted by Gasteiger charge is -2.26. The van der Waals surface area contributed by atoms with E-state index in [1.807, 2.05) is 18.2 Å². The van der Waals surface area contributed by atoms with Crippen molar-refractivity contribution in [2.75, 3.05) is 32.8 Å². The molecule has 6 heteroatoms. The van der Waals surface area contributed by atoms with E-state index in [4.69, 9.17) is 19.9 Å². The van der Waals surface area contributed by atoms with Crippen LogP contribution in [0.1, 0.15) is 17.2 Å². The molecule has 0 aliphatic carbocycles. The molecule has 0 saturated heterocycles. The van der Waals surface area contributed by atoms with Crippen LogP contribution in [0.25, 0.3) is 0 Å². The van der Waals surface area contributed by atoms with E-state index in [2.05, 4.69) is 4.90 Å². The summed E-state index contributed by atoms with van der Waals surface area (Å²) < 4.78 is 16.5. The summed E-state index contributed by atoms with van der Waals surface area (Å²) >= 11 is 0. The molecular weight excluding hydrogens is 308 g/mol. The Morgan fingerprint density at radius 3 is 2.29 bits per heavy atom. The molecule has 0 fully saturated rings. The molecule has 128 valence electrons. The molecule has 2 aromatic carbocycles. The van der Waals surface area contributed by atoms with Crippen molar-refractivity contribution in [2.24, 2.45) is 5.73 Å². The summed E-state index contributed by atoms with van der Waals surface area (Å²) in [4.78, 5) is 2.19. The van der Waals surface area contributed by atoms with Crippen LogP contribution >= 0.6 is 0 Å². The number of phenolic OH excluding ortho intramolecular Hbond substituents is 1. The monoisotopic (exact) mass is 330 g/mol. The summed E-state index contributed by atoms with van der Waals surface area (Å²) in [5.74, 6) is 2.12. The zero-order valence-corrected chi connectivity index (χ0v) is 14.1. The largest absolute Gasteiger partial charge is 0.508 e. The second-order valence-corrected chi connectivity index (χ2v) is 5.61. The van der Waals surface area contributed by atoms with Crippen LogP contribution in [0.5, 0.6) is 23.0 Å². The minimum atomic E-state index is -0.00162. The first-order valence-corrected chi connectivity index (χ1v) is 7.72. The summed E-state index contributed by atoms with van der Waals surface area (Å²) in [7, 11) is 4.83. The number of nitrogens with two attached hydrogens (primary N) is 1. The van der Waals surface area contributed by atoms with E-state index in [1.54, 1.807) is 33.5 Å². The molecule has 1 aliphatic rings. The van der Waals surface area contributed by atoms with Crippen molar-refractivity contribution in [1.29, 1.82) is 0 Å². The zero-order valence-electron chi connectivity index (χ0n) is 14.1. The molecule has 0 saturated carbocycles. The predicted octanol–water partition coefficient (Wildman–Crippen LogP) is 2.44. The lowest BCUT2D eigenvalue weighted by atomic mass is 10.0. The van der Waals surface area contributed by atoms with Crippen molar-refractivity contribution in [2.45, 2.75) is 12.6 Å². The molecule has 2 aromatic rings. The third-order valence-corrected chi connectivity index (χ3v) is 4.44. The van der Waals surface area contributed by atoms with Crippen molar-refractivity contribution in [3.8, 4) is 23.0 Å². The number of fused-ring (bicyclic) bond motifs is 1. The van der Waals surface area contributed by atoms with Gasteiger partial charge in [-0.15, -0.1) is 0 Å². The number of phenols is 1. The number of ether oxygens (including phenoxy) is 3. The highest BCUT2D eigenvalue weighted by molar-refractivity contribution is 5.66. The molecule has 1 unspecified atom stereocenters. The molecule has 3 rings (SSSR count). The standard InChI is InChI=1S/C18H22N2O4/c1-22-16-8-13-14(17(23-2)18(16)24-3)10-20(15(13)9-19)11-4-6-12(21)7-5-11/h4-8,15,21H,9-10,19H2,1-3H3. The average Bonchev–Trinajstić information content (AvgIpc) is 2.98. The number of benzene rings is 2. The molecular formula is C18H22N2O4. The highest BCUT2D eigenvalue weighted by Crippen LogP contribution is 2.49. The van der Waals surface area contributed by atoms with Gasteiger partial charge in [-0.1, -0.05) is 0 Å². The Kier molecular flexibility index (Phi) is 4.40. The summed E-state index contributed by atoms with van der Waals surface area (Å²) in [5.41, 5.74) is 9.15. The van der Waals surface area contributed by atoms with Gasteiger partial charge in [0, 0.05) is 24.3 Å². The summed E-state index contributed by atoms with van der Waals surface area (Å²) in [6.45, 7) is 1.10.